The maximum absolute atomic E-state index is 10.9. The van der Waals surface area contributed by atoms with E-state index in [1.165, 1.54) is 26.2 Å². The summed E-state index contributed by atoms with van der Waals surface area (Å²) in [5.41, 5.74) is 5.13. The van der Waals surface area contributed by atoms with Crippen molar-refractivity contribution in [3.8, 4) is 5.75 Å². The van der Waals surface area contributed by atoms with Gasteiger partial charge in [0.15, 0.2) is 0 Å². The molecule has 0 radical (unpaired) electrons. The van der Waals surface area contributed by atoms with Gasteiger partial charge >= 0.3 is 0 Å². The SMILES string of the molecule is COc1ccc(NC(C)C(N)=O)c([N+](=O)[O-])c1. The number of hydrogen-bond donors (Lipinski definition) is 2. The molecule has 0 spiro atoms. The van der Waals surface area contributed by atoms with Crippen LogP contribution in [0.4, 0.5) is 11.4 Å². The molecule has 0 bridgehead atoms. The number of carbonyl (C=O) groups excluding carboxylic acids is 1. The maximum atomic E-state index is 10.9. The molecule has 0 heterocycles. The zero-order chi connectivity index (χ0) is 13.0. The molecule has 1 rings (SSSR count). The first-order valence-electron chi connectivity index (χ1n) is 4.84. The van der Waals surface area contributed by atoms with Gasteiger partial charge in [0.1, 0.15) is 17.5 Å². The summed E-state index contributed by atoms with van der Waals surface area (Å²) in [5.74, 6) is -0.218. The van der Waals surface area contributed by atoms with Gasteiger partial charge in [-0.2, -0.15) is 0 Å². The highest BCUT2D eigenvalue weighted by Crippen LogP contribution is 2.29. The number of carbonyl (C=O) groups is 1. The van der Waals surface area contributed by atoms with Crippen LogP contribution in [-0.4, -0.2) is 24.0 Å². The summed E-state index contributed by atoms with van der Waals surface area (Å²) in [6, 6.07) is 3.61. The summed E-state index contributed by atoms with van der Waals surface area (Å²) >= 11 is 0. The van der Waals surface area contributed by atoms with Gasteiger partial charge in [0.05, 0.1) is 18.1 Å². The highest BCUT2D eigenvalue weighted by atomic mass is 16.6. The van der Waals surface area contributed by atoms with Crippen LogP contribution in [0.15, 0.2) is 18.2 Å². The number of ether oxygens (including phenoxy) is 1. The number of rotatable bonds is 5. The van der Waals surface area contributed by atoms with E-state index in [0.29, 0.717) is 5.75 Å². The van der Waals surface area contributed by atoms with E-state index in [4.69, 9.17) is 10.5 Å². The van der Waals surface area contributed by atoms with E-state index in [-0.39, 0.29) is 11.4 Å². The maximum Gasteiger partial charge on any atom is 0.296 e. The number of anilines is 1. The molecule has 0 aliphatic rings. The van der Waals surface area contributed by atoms with E-state index >= 15 is 0 Å². The highest BCUT2D eigenvalue weighted by molar-refractivity contribution is 5.83. The molecule has 0 aromatic heterocycles. The minimum Gasteiger partial charge on any atom is -0.496 e. The number of methoxy groups -OCH3 is 1. The van der Waals surface area contributed by atoms with E-state index in [2.05, 4.69) is 5.32 Å². The van der Waals surface area contributed by atoms with Gasteiger partial charge in [-0.15, -0.1) is 0 Å². The van der Waals surface area contributed by atoms with Crippen molar-refractivity contribution in [3.63, 3.8) is 0 Å². The normalized spacial score (nSPS) is 11.6. The molecule has 0 aliphatic heterocycles. The Morgan fingerprint density at radius 2 is 2.24 bits per heavy atom. The summed E-state index contributed by atoms with van der Waals surface area (Å²) < 4.78 is 4.89. The molecule has 0 aliphatic carbocycles. The van der Waals surface area contributed by atoms with Crippen LogP contribution in [0.1, 0.15) is 6.92 Å². The molecule has 7 heteroatoms. The van der Waals surface area contributed by atoms with E-state index < -0.39 is 16.9 Å². The molecule has 92 valence electrons. The van der Waals surface area contributed by atoms with Crippen molar-refractivity contribution >= 4 is 17.3 Å². The van der Waals surface area contributed by atoms with Crippen molar-refractivity contribution in [3.05, 3.63) is 28.3 Å². The largest absolute Gasteiger partial charge is 0.496 e. The predicted octanol–water partition coefficient (Wildman–Crippen LogP) is 0.889. The van der Waals surface area contributed by atoms with Crippen LogP contribution in [0.2, 0.25) is 0 Å². The molecule has 0 fully saturated rings. The smallest absolute Gasteiger partial charge is 0.296 e. The van der Waals surface area contributed by atoms with E-state index in [0.717, 1.165) is 0 Å². The molecule has 1 aromatic carbocycles. The van der Waals surface area contributed by atoms with Crippen LogP contribution >= 0.6 is 0 Å². The fraction of sp³-hybridized carbons (Fsp3) is 0.300. The number of primary amides is 1. The molecular weight excluding hydrogens is 226 g/mol. The Kier molecular flexibility index (Phi) is 3.86. The fourth-order valence-corrected chi connectivity index (χ4v) is 1.22. The van der Waals surface area contributed by atoms with Gasteiger partial charge in [-0.05, 0) is 19.1 Å². The molecule has 7 nitrogen and oxygen atoms in total. The zero-order valence-electron chi connectivity index (χ0n) is 9.47. The van der Waals surface area contributed by atoms with Gasteiger partial charge in [0.25, 0.3) is 5.69 Å². The van der Waals surface area contributed by atoms with Crippen LogP contribution in [0, 0.1) is 10.1 Å². The number of benzene rings is 1. The number of nitro groups is 1. The number of hydrogen-bond acceptors (Lipinski definition) is 5. The van der Waals surface area contributed by atoms with Gasteiger partial charge in [-0.25, -0.2) is 0 Å². The first kappa shape index (κ1) is 12.8. The van der Waals surface area contributed by atoms with Crippen molar-refractivity contribution in [1.29, 1.82) is 0 Å². The number of amides is 1. The summed E-state index contributed by atoms with van der Waals surface area (Å²) in [6.07, 6.45) is 0. The number of nitrogens with zero attached hydrogens (tertiary/aromatic N) is 1. The van der Waals surface area contributed by atoms with Crippen LogP contribution < -0.4 is 15.8 Å². The molecule has 17 heavy (non-hydrogen) atoms. The van der Waals surface area contributed by atoms with Crippen LogP contribution in [0.3, 0.4) is 0 Å². The second-order valence-electron chi connectivity index (χ2n) is 3.41. The minimum absolute atomic E-state index is 0.169. The third-order valence-corrected chi connectivity index (χ3v) is 2.20. The van der Waals surface area contributed by atoms with Crippen LogP contribution in [0.5, 0.6) is 5.75 Å². The summed E-state index contributed by atoms with van der Waals surface area (Å²) in [5, 5.41) is 13.5. The Bertz CT molecular complexity index is 447. The van der Waals surface area contributed by atoms with Gasteiger partial charge in [-0.3, -0.25) is 14.9 Å². The molecular formula is C10H13N3O4. The third kappa shape index (κ3) is 3.07. The number of nitro benzene ring substituents is 1. The average Bonchev–Trinajstić information content (AvgIpc) is 2.29. The van der Waals surface area contributed by atoms with E-state index in [9.17, 15) is 14.9 Å². The summed E-state index contributed by atoms with van der Waals surface area (Å²) in [4.78, 5) is 21.2. The standard InChI is InChI=1S/C10H13N3O4/c1-6(10(11)14)12-8-4-3-7(17-2)5-9(8)13(15)16/h3-6,12H,1-2H3,(H2,11,14). The number of nitrogens with two attached hydrogens (primary N) is 1. The Hall–Kier alpha value is -2.31. The topological polar surface area (TPSA) is 107 Å². The summed E-state index contributed by atoms with van der Waals surface area (Å²) in [7, 11) is 1.41. The average molecular weight is 239 g/mol. The van der Waals surface area contributed by atoms with Crippen LogP contribution in [-0.2, 0) is 4.79 Å². The number of nitrogens with one attached hydrogen (secondary N) is 1. The first-order valence-corrected chi connectivity index (χ1v) is 4.84. The lowest BCUT2D eigenvalue weighted by atomic mass is 10.2. The molecule has 1 aromatic rings. The van der Waals surface area contributed by atoms with Crippen molar-refractivity contribution < 1.29 is 14.5 Å². The lowest BCUT2D eigenvalue weighted by molar-refractivity contribution is -0.384. The quantitative estimate of drug-likeness (QED) is 0.586. The van der Waals surface area contributed by atoms with E-state index in [1.807, 2.05) is 0 Å². The third-order valence-electron chi connectivity index (χ3n) is 2.20. The fourth-order valence-electron chi connectivity index (χ4n) is 1.22. The first-order chi connectivity index (χ1) is 7.95. The van der Waals surface area contributed by atoms with Gasteiger partial charge in [0.2, 0.25) is 5.91 Å². The second kappa shape index (κ2) is 5.15. The monoisotopic (exact) mass is 239 g/mol. The molecule has 1 unspecified atom stereocenters. The van der Waals surface area contributed by atoms with Crippen molar-refractivity contribution in [1.82, 2.24) is 0 Å². The minimum atomic E-state index is -0.693. The molecule has 3 N–H and O–H groups in total. The Morgan fingerprint density at radius 1 is 1.59 bits per heavy atom. The zero-order valence-corrected chi connectivity index (χ0v) is 9.47. The Morgan fingerprint density at radius 3 is 2.71 bits per heavy atom. The molecule has 0 saturated carbocycles. The van der Waals surface area contributed by atoms with Gasteiger partial charge < -0.3 is 15.8 Å². The molecule has 0 saturated heterocycles. The predicted molar refractivity (Wildman–Crippen MR) is 61.9 cm³/mol. The Labute approximate surface area is 97.7 Å². The van der Waals surface area contributed by atoms with Gasteiger partial charge in [-0.1, -0.05) is 0 Å². The lowest BCUT2D eigenvalue weighted by Gasteiger charge is -2.12. The van der Waals surface area contributed by atoms with Crippen molar-refractivity contribution in [2.24, 2.45) is 5.73 Å². The summed E-state index contributed by atoms with van der Waals surface area (Å²) in [6.45, 7) is 1.52. The van der Waals surface area contributed by atoms with Crippen molar-refractivity contribution in [2.75, 3.05) is 12.4 Å². The highest BCUT2D eigenvalue weighted by Gasteiger charge is 2.18. The molecule has 1 atom stereocenters. The van der Waals surface area contributed by atoms with E-state index in [1.54, 1.807) is 6.07 Å². The Balaban J connectivity index is 3.06. The lowest BCUT2D eigenvalue weighted by Crippen LogP contribution is -2.32. The van der Waals surface area contributed by atoms with Gasteiger partial charge in [0, 0.05) is 0 Å². The van der Waals surface area contributed by atoms with Crippen LogP contribution in [0.25, 0.3) is 0 Å². The second-order valence-corrected chi connectivity index (χ2v) is 3.41. The van der Waals surface area contributed by atoms with Crippen molar-refractivity contribution in [2.45, 2.75) is 13.0 Å². The molecule has 1 amide bonds.